The van der Waals surface area contributed by atoms with E-state index in [1.54, 1.807) is 18.2 Å². The smallest absolute Gasteiger partial charge is 0.337 e. The molecule has 0 heterocycles. The lowest BCUT2D eigenvalue weighted by molar-refractivity contribution is -0.114. The molecule has 0 bridgehead atoms. The van der Waals surface area contributed by atoms with E-state index in [1.807, 2.05) is 31.2 Å². The number of methoxy groups -OCH3 is 1. The van der Waals surface area contributed by atoms with Crippen LogP contribution in [0.4, 0.5) is 11.4 Å². The molecule has 2 aromatic rings. The lowest BCUT2D eigenvalue weighted by Gasteiger charge is -2.11. The van der Waals surface area contributed by atoms with Crippen molar-refractivity contribution >= 4 is 45.8 Å². The zero-order chi connectivity index (χ0) is 16.8. The van der Waals surface area contributed by atoms with Crippen LogP contribution in [-0.4, -0.2) is 25.5 Å². The molecule has 0 spiro atoms. The third kappa shape index (κ3) is 4.69. The second-order valence-electron chi connectivity index (χ2n) is 4.90. The Balaban J connectivity index is 1.97. The highest BCUT2D eigenvalue weighted by molar-refractivity contribution is 14.1. The third-order valence-electron chi connectivity index (χ3n) is 3.23. The minimum absolute atomic E-state index is 0.134. The zero-order valence-corrected chi connectivity index (χ0v) is 15.0. The normalized spacial score (nSPS) is 10.0. The summed E-state index contributed by atoms with van der Waals surface area (Å²) in [6, 6.07) is 12.7. The number of amides is 1. The van der Waals surface area contributed by atoms with Crippen molar-refractivity contribution in [2.75, 3.05) is 24.3 Å². The summed E-state index contributed by atoms with van der Waals surface area (Å²) in [5.41, 5.74) is 2.95. The first-order valence-electron chi connectivity index (χ1n) is 6.98. The number of esters is 1. The fourth-order valence-electron chi connectivity index (χ4n) is 2.04. The van der Waals surface area contributed by atoms with Gasteiger partial charge in [0.15, 0.2) is 0 Å². The van der Waals surface area contributed by atoms with Gasteiger partial charge in [0.25, 0.3) is 0 Å². The number of aryl methyl sites for hydroxylation is 1. The average Bonchev–Trinajstić information content (AvgIpc) is 2.55. The molecule has 6 heteroatoms. The van der Waals surface area contributed by atoms with Crippen LogP contribution in [-0.2, 0) is 9.53 Å². The minimum Gasteiger partial charge on any atom is -0.465 e. The molecule has 0 atom stereocenters. The van der Waals surface area contributed by atoms with E-state index >= 15 is 0 Å². The molecule has 0 aliphatic rings. The van der Waals surface area contributed by atoms with Gasteiger partial charge < -0.3 is 15.4 Å². The Morgan fingerprint density at radius 1 is 1.13 bits per heavy atom. The highest BCUT2D eigenvalue weighted by Gasteiger charge is 2.09. The van der Waals surface area contributed by atoms with Gasteiger partial charge in [0.2, 0.25) is 5.91 Å². The van der Waals surface area contributed by atoms with Crippen molar-refractivity contribution in [3.05, 3.63) is 57.2 Å². The molecule has 1 amide bonds. The Bertz CT molecular complexity index is 732. The van der Waals surface area contributed by atoms with Gasteiger partial charge in [-0.05, 0) is 65.4 Å². The van der Waals surface area contributed by atoms with Crippen molar-refractivity contribution in [2.24, 2.45) is 0 Å². The Labute approximate surface area is 148 Å². The van der Waals surface area contributed by atoms with Gasteiger partial charge in [-0.2, -0.15) is 0 Å². The second-order valence-corrected chi connectivity index (χ2v) is 6.07. The number of ether oxygens (including phenoxy) is 1. The van der Waals surface area contributed by atoms with Crippen molar-refractivity contribution in [1.29, 1.82) is 0 Å². The number of para-hydroxylation sites is 1. The number of carbonyl (C=O) groups is 2. The highest BCUT2D eigenvalue weighted by atomic mass is 127. The van der Waals surface area contributed by atoms with Crippen molar-refractivity contribution in [3.8, 4) is 0 Å². The largest absolute Gasteiger partial charge is 0.465 e. The van der Waals surface area contributed by atoms with Crippen LogP contribution in [0.25, 0.3) is 0 Å². The van der Waals surface area contributed by atoms with Gasteiger partial charge in [0.1, 0.15) is 0 Å². The maximum Gasteiger partial charge on any atom is 0.337 e. The standard InChI is InChI=1S/C17H17IN2O3/c1-11-9-12(17(22)23-2)7-8-14(11)19-10-16(21)20-15-6-4-3-5-13(15)18/h3-9,19H,10H2,1-2H3,(H,20,21). The van der Waals surface area contributed by atoms with Crippen molar-refractivity contribution in [3.63, 3.8) is 0 Å². The average molecular weight is 424 g/mol. The van der Waals surface area contributed by atoms with Crippen LogP contribution in [0.2, 0.25) is 0 Å². The predicted molar refractivity (Wildman–Crippen MR) is 98.8 cm³/mol. The fourth-order valence-corrected chi connectivity index (χ4v) is 2.56. The van der Waals surface area contributed by atoms with E-state index in [-0.39, 0.29) is 18.4 Å². The molecule has 0 saturated carbocycles. The zero-order valence-electron chi connectivity index (χ0n) is 12.9. The van der Waals surface area contributed by atoms with Crippen LogP contribution in [0.3, 0.4) is 0 Å². The monoisotopic (exact) mass is 424 g/mol. The number of anilines is 2. The second kappa shape index (κ2) is 7.96. The van der Waals surface area contributed by atoms with Crippen molar-refractivity contribution in [1.82, 2.24) is 0 Å². The molecule has 5 nitrogen and oxygen atoms in total. The molecule has 2 N–H and O–H groups in total. The molecule has 0 aromatic heterocycles. The topological polar surface area (TPSA) is 67.4 Å². The summed E-state index contributed by atoms with van der Waals surface area (Å²) < 4.78 is 5.67. The number of halogens is 1. The van der Waals surface area contributed by atoms with Crippen molar-refractivity contribution < 1.29 is 14.3 Å². The molecular weight excluding hydrogens is 407 g/mol. The molecular formula is C17H17IN2O3. The first-order valence-corrected chi connectivity index (χ1v) is 8.06. The fraction of sp³-hybridized carbons (Fsp3) is 0.176. The molecule has 120 valence electrons. The SMILES string of the molecule is COC(=O)c1ccc(NCC(=O)Nc2ccccc2I)c(C)c1. The van der Waals surface area contributed by atoms with Gasteiger partial charge >= 0.3 is 5.97 Å². The highest BCUT2D eigenvalue weighted by Crippen LogP contribution is 2.18. The molecule has 0 fully saturated rings. The number of nitrogens with one attached hydrogen (secondary N) is 2. The van der Waals surface area contributed by atoms with Gasteiger partial charge in [-0.15, -0.1) is 0 Å². The molecule has 0 radical (unpaired) electrons. The first-order chi connectivity index (χ1) is 11.0. The summed E-state index contributed by atoms with van der Waals surface area (Å²) in [7, 11) is 1.35. The van der Waals surface area contributed by atoms with Crippen LogP contribution < -0.4 is 10.6 Å². The first kappa shape index (κ1) is 17.3. The quantitative estimate of drug-likeness (QED) is 0.570. The Morgan fingerprint density at radius 2 is 1.87 bits per heavy atom. The summed E-state index contributed by atoms with van der Waals surface area (Å²) in [4.78, 5) is 23.5. The van der Waals surface area contributed by atoms with E-state index in [9.17, 15) is 9.59 Å². The van der Waals surface area contributed by atoms with Gasteiger partial charge in [0.05, 0.1) is 24.9 Å². The number of hydrogen-bond acceptors (Lipinski definition) is 4. The van der Waals surface area contributed by atoms with Crippen LogP contribution >= 0.6 is 22.6 Å². The molecule has 2 aromatic carbocycles. The van der Waals surface area contributed by atoms with Gasteiger partial charge in [0, 0.05) is 9.26 Å². The lowest BCUT2D eigenvalue weighted by Crippen LogP contribution is -2.22. The molecule has 2 rings (SSSR count). The van der Waals surface area contributed by atoms with E-state index in [0.717, 1.165) is 20.5 Å². The summed E-state index contributed by atoms with van der Waals surface area (Å²) in [5, 5.41) is 5.93. The summed E-state index contributed by atoms with van der Waals surface area (Å²) >= 11 is 2.17. The maximum absolute atomic E-state index is 12.0. The lowest BCUT2D eigenvalue weighted by atomic mass is 10.1. The Morgan fingerprint density at radius 3 is 2.52 bits per heavy atom. The molecule has 23 heavy (non-hydrogen) atoms. The summed E-state index contributed by atoms with van der Waals surface area (Å²) in [6.07, 6.45) is 0. The maximum atomic E-state index is 12.0. The molecule has 0 saturated heterocycles. The predicted octanol–water partition coefficient (Wildman–Crippen LogP) is 3.44. The van der Waals surface area contributed by atoms with Crippen LogP contribution in [0.15, 0.2) is 42.5 Å². The number of rotatable bonds is 5. The van der Waals surface area contributed by atoms with E-state index in [0.29, 0.717) is 5.56 Å². The number of hydrogen-bond donors (Lipinski definition) is 2. The van der Waals surface area contributed by atoms with Gasteiger partial charge in [-0.25, -0.2) is 4.79 Å². The summed E-state index contributed by atoms with van der Waals surface area (Å²) in [6.45, 7) is 2.01. The van der Waals surface area contributed by atoms with Gasteiger partial charge in [-0.3, -0.25) is 4.79 Å². The molecule has 0 aliphatic heterocycles. The van der Waals surface area contributed by atoms with E-state index in [4.69, 9.17) is 0 Å². The van der Waals surface area contributed by atoms with Crippen LogP contribution in [0.1, 0.15) is 15.9 Å². The summed E-state index contributed by atoms with van der Waals surface area (Å²) in [5.74, 6) is -0.512. The minimum atomic E-state index is -0.379. The van der Waals surface area contributed by atoms with Gasteiger partial charge in [-0.1, -0.05) is 12.1 Å². The van der Waals surface area contributed by atoms with E-state index in [1.165, 1.54) is 7.11 Å². The van der Waals surface area contributed by atoms with Crippen molar-refractivity contribution in [2.45, 2.75) is 6.92 Å². The van der Waals surface area contributed by atoms with Crippen LogP contribution in [0, 0.1) is 10.5 Å². The molecule has 0 unspecified atom stereocenters. The Hall–Kier alpha value is -2.09. The van der Waals surface area contributed by atoms with E-state index in [2.05, 4.69) is 38.0 Å². The number of carbonyl (C=O) groups excluding carboxylic acids is 2. The van der Waals surface area contributed by atoms with Crippen LogP contribution in [0.5, 0.6) is 0 Å². The third-order valence-corrected chi connectivity index (χ3v) is 4.18. The number of benzene rings is 2. The van der Waals surface area contributed by atoms with E-state index < -0.39 is 0 Å². The molecule has 0 aliphatic carbocycles. The Kier molecular flexibility index (Phi) is 5.97.